The van der Waals surface area contributed by atoms with Crippen LogP contribution in [-0.4, -0.2) is 18.4 Å². The Morgan fingerprint density at radius 2 is 1.74 bits per heavy atom. The summed E-state index contributed by atoms with van der Waals surface area (Å²) in [5.74, 6) is 2.58. The molecule has 0 heterocycles. The zero-order chi connectivity index (χ0) is 19.0. The van der Waals surface area contributed by atoms with E-state index in [9.17, 15) is 9.59 Å². The van der Waals surface area contributed by atoms with Crippen molar-refractivity contribution in [2.75, 3.05) is 11.9 Å². The predicted molar refractivity (Wildman–Crippen MR) is 110 cm³/mol. The zero-order valence-electron chi connectivity index (χ0n) is 16.0. The van der Waals surface area contributed by atoms with Gasteiger partial charge in [0.15, 0.2) is 0 Å². The fraction of sp³-hybridized carbons (Fsp3) is 0.636. The van der Waals surface area contributed by atoms with Crippen LogP contribution in [0.4, 0.5) is 5.69 Å². The zero-order valence-corrected chi connectivity index (χ0v) is 17.6. The Balaban J connectivity index is 1.22. The molecule has 146 valence electrons. The molecule has 4 bridgehead atoms. The summed E-state index contributed by atoms with van der Waals surface area (Å²) in [7, 11) is 0. The molecule has 1 aromatic carbocycles. The molecule has 0 atom stereocenters. The lowest BCUT2D eigenvalue weighted by molar-refractivity contribution is -0.146. The van der Waals surface area contributed by atoms with Crippen LogP contribution in [0.5, 0.6) is 0 Å². The summed E-state index contributed by atoms with van der Waals surface area (Å²) >= 11 is 3.48. The minimum Gasteiger partial charge on any atom is -0.356 e. The van der Waals surface area contributed by atoms with Crippen molar-refractivity contribution in [2.45, 2.75) is 58.3 Å². The van der Waals surface area contributed by atoms with Gasteiger partial charge in [0.2, 0.25) is 11.8 Å². The van der Waals surface area contributed by atoms with Crippen LogP contribution in [0, 0.1) is 30.1 Å². The number of anilines is 1. The van der Waals surface area contributed by atoms with Crippen LogP contribution in [0.25, 0.3) is 0 Å². The van der Waals surface area contributed by atoms with Gasteiger partial charge in [-0.3, -0.25) is 9.59 Å². The Bertz CT molecular complexity index is 711. The van der Waals surface area contributed by atoms with Gasteiger partial charge in [0.05, 0.1) is 5.69 Å². The van der Waals surface area contributed by atoms with Crippen LogP contribution >= 0.6 is 15.9 Å². The number of amides is 2. The van der Waals surface area contributed by atoms with Gasteiger partial charge in [0.25, 0.3) is 0 Å². The third-order valence-corrected chi connectivity index (χ3v) is 7.44. The highest BCUT2D eigenvalue weighted by molar-refractivity contribution is 9.10. The maximum atomic E-state index is 12.9. The summed E-state index contributed by atoms with van der Waals surface area (Å²) < 4.78 is 0.894. The molecule has 0 unspecified atom stereocenters. The van der Waals surface area contributed by atoms with Gasteiger partial charge in [0.1, 0.15) is 0 Å². The molecule has 0 spiro atoms. The van der Waals surface area contributed by atoms with Crippen molar-refractivity contribution < 1.29 is 9.59 Å². The topological polar surface area (TPSA) is 58.2 Å². The van der Waals surface area contributed by atoms with E-state index in [0.717, 1.165) is 52.7 Å². The number of nitrogens with one attached hydrogen (secondary N) is 2. The van der Waals surface area contributed by atoms with Crippen LogP contribution < -0.4 is 10.6 Å². The molecule has 4 saturated carbocycles. The number of hydrogen-bond donors (Lipinski definition) is 2. The molecule has 4 aliphatic rings. The molecule has 0 aliphatic heterocycles. The molecule has 0 saturated heterocycles. The van der Waals surface area contributed by atoms with Crippen LogP contribution in [0.3, 0.4) is 0 Å². The lowest BCUT2D eigenvalue weighted by Gasteiger charge is -2.55. The van der Waals surface area contributed by atoms with E-state index in [0.29, 0.717) is 19.4 Å². The van der Waals surface area contributed by atoms with Gasteiger partial charge in [0, 0.05) is 22.9 Å². The Morgan fingerprint density at radius 3 is 2.33 bits per heavy atom. The molecule has 0 radical (unpaired) electrons. The van der Waals surface area contributed by atoms with Crippen LogP contribution in [0.15, 0.2) is 22.7 Å². The number of hydrogen-bond acceptors (Lipinski definition) is 2. The van der Waals surface area contributed by atoms with Gasteiger partial charge in [-0.1, -0.05) is 6.07 Å². The Labute approximate surface area is 170 Å². The standard InChI is InChI=1S/C22H29BrN2O2/c1-14-4-5-19(18(23)7-14)25-20(26)3-2-6-24-21(27)22-11-15-8-16(12-22)10-17(9-15)13-22/h4-5,7,15-17H,2-3,6,8-13H2,1H3,(H,24,27)(H,25,26). The number of benzene rings is 1. The van der Waals surface area contributed by atoms with Gasteiger partial charge in [-0.25, -0.2) is 0 Å². The molecule has 4 nitrogen and oxygen atoms in total. The average molecular weight is 433 g/mol. The van der Waals surface area contributed by atoms with E-state index >= 15 is 0 Å². The van der Waals surface area contributed by atoms with Crippen molar-refractivity contribution >= 4 is 33.4 Å². The third kappa shape index (κ3) is 4.08. The van der Waals surface area contributed by atoms with Crippen LogP contribution in [0.2, 0.25) is 0 Å². The minimum atomic E-state index is -0.0935. The molecule has 2 N–H and O–H groups in total. The third-order valence-electron chi connectivity index (χ3n) is 6.78. The van der Waals surface area contributed by atoms with Gasteiger partial charge in [-0.15, -0.1) is 0 Å². The van der Waals surface area contributed by atoms with Gasteiger partial charge in [-0.2, -0.15) is 0 Å². The van der Waals surface area contributed by atoms with Crippen molar-refractivity contribution in [3.05, 3.63) is 28.2 Å². The summed E-state index contributed by atoms with van der Waals surface area (Å²) in [5, 5.41) is 6.09. The quantitative estimate of drug-likeness (QED) is 0.633. The highest BCUT2D eigenvalue weighted by Gasteiger charge is 2.54. The monoisotopic (exact) mass is 432 g/mol. The molecular weight excluding hydrogens is 404 g/mol. The van der Waals surface area contributed by atoms with E-state index in [4.69, 9.17) is 0 Å². The lowest BCUT2D eigenvalue weighted by Crippen LogP contribution is -2.53. The van der Waals surface area contributed by atoms with E-state index < -0.39 is 0 Å². The lowest BCUT2D eigenvalue weighted by atomic mass is 9.49. The first-order valence-electron chi connectivity index (χ1n) is 10.3. The summed E-state index contributed by atoms with van der Waals surface area (Å²) in [5.41, 5.74) is 1.85. The number of rotatable bonds is 6. The maximum Gasteiger partial charge on any atom is 0.226 e. The normalized spacial score (nSPS) is 31.0. The maximum absolute atomic E-state index is 12.9. The number of carbonyl (C=O) groups excluding carboxylic acids is 2. The van der Waals surface area contributed by atoms with E-state index in [1.807, 2.05) is 25.1 Å². The van der Waals surface area contributed by atoms with Crippen molar-refractivity contribution in [3.8, 4) is 0 Å². The molecule has 4 aliphatic carbocycles. The van der Waals surface area contributed by atoms with Crippen molar-refractivity contribution in [1.29, 1.82) is 0 Å². The first-order valence-corrected chi connectivity index (χ1v) is 11.1. The fourth-order valence-corrected chi connectivity index (χ4v) is 6.55. The number of aryl methyl sites for hydroxylation is 1. The second kappa shape index (κ2) is 7.57. The highest BCUT2D eigenvalue weighted by atomic mass is 79.9. The minimum absolute atomic E-state index is 0.0105. The molecule has 5 rings (SSSR count). The van der Waals surface area contributed by atoms with Gasteiger partial charge < -0.3 is 10.6 Å². The second-order valence-electron chi connectivity index (χ2n) is 9.09. The van der Waals surface area contributed by atoms with E-state index in [2.05, 4.69) is 26.6 Å². The molecular formula is C22H29BrN2O2. The van der Waals surface area contributed by atoms with Crippen molar-refractivity contribution in [3.63, 3.8) is 0 Å². The first-order chi connectivity index (χ1) is 12.9. The second-order valence-corrected chi connectivity index (χ2v) is 9.94. The van der Waals surface area contributed by atoms with Crippen LogP contribution in [-0.2, 0) is 9.59 Å². The van der Waals surface area contributed by atoms with E-state index in [1.54, 1.807) is 0 Å². The first kappa shape index (κ1) is 19.0. The summed E-state index contributed by atoms with van der Waals surface area (Å²) in [6.45, 7) is 2.60. The Kier molecular flexibility index (Phi) is 5.32. The average Bonchev–Trinajstić information content (AvgIpc) is 2.60. The summed E-state index contributed by atoms with van der Waals surface area (Å²) in [6.07, 6.45) is 8.41. The smallest absolute Gasteiger partial charge is 0.226 e. The van der Waals surface area contributed by atoms with Crippen LogP contribution in [0.1, 0.15) is 56.9 Å². The summed E-state index contributed by atoms with van der Waals surface area (Å²) in [6, 6.07) is 5.87. The highest BCUT2D eigenvalue weighted by Crippen LogP contribution is 2.60. The number of halogens is 1. The number of carbonyl (C=O) groups is 2. The molecule has 5 heteroatoms. The van der Waals surface area contributed by atoms with E-state index in [-0.39, 0.29) is 17.2 Å². The SMILES string of the molecule is Cc1ccc(NC(=O)CCCNC(=O)C23CC4CC(CC(C4)C2)C3)c(Br)c1. The summed E-state index contributed by atoms with van der Waals surface area (Å²) in [4.78, 5) is 25.1. The van der Waals surface area contributed by atoms with E-state index in [1.165, 1.54) is 19.3 Å². The Morgan fingerprint density at radius 1 is 1.11 bits per heavy atom. The van der Waals surface area contributed by atoms with Gasteiger partial charge in [-0.05, 0) is 103 Å². The van der Waals surface area contributed by atoms with Crippen molar-refractivity contribution in [1.82, 2.24) is 5.32 Å². The predicted octanol–water partition coefficient (Wildman–Crippen LogP) is 4.81. The molecule has 2 amide bonds. The molecule has 1 aromatic rings. The van der Waals surface area contributed by atoms with Gasteiger partial charge >= 0.3 is 0 Å². The largest absolute Gasteiger partial charge is 0.356 e. The molecule has 4 fully saturated rings. The van der Waals surface area contributed by atoms with Crippen molar-refractivity contribution in [2.24, 2.45) is 23.2 Å². The Hall–Kier alpha value is -1.36. The fourth-order valence-electron chi connectivity index (χ4n) is 5.96. The molecule has 27 heavy (non-hydrogen) atoms. The molecule has 0 aromatic heterocycles.